The monoisotopic (exact) mass is 340 g/mol. The highest BCUT2D eigenvalue weighted by Gasteiger charge is 2.18. The fraction of sp³-hybridized carbons (Fsp3) is 0.133. The summed E-state index contributed by atoms with van der Waals surface area (Å²) in [4.78, 5) is 11.9. The molecule has 2 rings (SSSR count). The summed E-state index contributed by atoms with van der Waals surface area (Å²) in [5, 5.41) is 0.540. The molecule has 0 N–H and O–H groups in total. The van der Waals surface area contributed by atoms with E-state index in [0.717, 1.165) is 11.8 Å². The van der Waals surface area contributed by atoms with Gasteiger partial charge in [-0.1, -0.05) is 41.9 Å². The third-order valence-corrected chi connectivity index (χ3v) is 3.50. The molecule has 22 heavy (non-hydrogen) atoms. The molecule has 0 aliphatic rings. The Morgan fingerprint density at radius 3 is 2.41 bits per heavy atom. The van der Waals surface area contributed by atoms with Crippen LogP contribution in [-0.2, 0) is 20.9 Å². The molecule has 7 heteroatoms. The van der Waals surface area contributed by atoms with Crippen LogP contribution in [0, 0.1) is 0 Å². The first-order chi connectivity index (χ1) is 10.4. The predicted octanol–water partition coefficient (Wildman–Crippen LogP) is 3.04. The van der Waals surface area contributed by atoms with Gasteiger partial charge in [0.25, 0.3) is 0 Å². The van der Waals surface area contributed by atoms with Crippen LogP contribution in [0.2, 0.25) is 5.02 Å². The molecule has 0 atom stereocenters. The van der Waals surface area contributed by atoms with Crippen LogP contribution in [0.5, 0.6) is 5.75 Å². The Morgan fingerprint density at radius 1 is 1.09 bits per heavy atom. The third kappa shape index (κ3) is 4.47. The van der Waals surface area contributed by atoms with Gasteiger partial charge in [-0.2, -0.15) is 8.42 Å². The molecule has 0 aromatic heterocycles. The number of rotatable bonds is 5. The Hall–Kier alpha value is -2.05. The summed E-state index contributed by atoms with van der Waals surface area (Å²) in [5.41, 5.74) is 0.774. The minimum Gasteiger partial charge on any atom is -0.488 e. The van der Waals surface area contributed by atoms with E-state index in [9.17, 15) is 13.2 Å². The first-order valence-electron chi connectivity index (χ1n) is 6.26. The highest BCUT2D eigenvalue weighted by Crippen LogP contribution is 2.23. The van der Waals surface area contributed by atoms with Gasteiger partial charge in [0.1, 0.15) is 17.9 Å². The Labute approximate surface area is 133 Å². The molecule has 0 bridgehead atoms. The van der Waals surface area contributed by atoms with Crippen LogP contribution >= 0.6 is 11.6 Å². The van der Waals surface area contributed by atoms with Gasteiger partial charge < -0.3 is 8.92 Å². The zero-order chi connectivity index (χ0) is 16.2. The van der Waals surface area contributed by atoms with E-state index in [1.165, 1.54) is 6.07 Å². The molecule has 0 saturated heterocycles. The van der Waals surface area contributed by atoms with Crippen molar-refractivity contribution in [1.82, 2.24) is 0 Å². The normalized spacial score (nSPS) is 11.0. The molecule has 0 fully saturated rings. The molecule has 0 amide bonds. The van der Waals surface area contributed by atoms with Crippen molar-refractivity contribution in [2.75, 3.05) is 6.26 Å². The van der Waals surface area contributed by atoms with E-state index >= 15 is 0 Å². The number of carbonyl (C=O) groups is 1. The predicted molar refractivity (Wildman–Crippen MR) is 82.5 cm³/mol. The first-order valence-corrected chi connectivity index (χ1v) is 8.45. The lowest BCUT2D eigenvalue weighted by Gasteiger charge is -2.11. The second-order valence-corrected chi connectivity index (χ2v) is 6.43. The molecule has 0 aliphatic carbocycles. The lowest BCUT2D eigenvalue weighted by molar-refractivity contribution is 0.0743. The van der Waals surface area contributed by atoms with Gasteiger partial charge in [0.2, 0.25) is 0 Å². The largest absolute Gasteiger partial charge is 0.488 e. The van der Waals surface area contributed by atoms with Crippen molar-refractivity contribution in [2.45, 2.75) is 6.61 Å². The molecule has 0 saturated carbocycles. The van der Waals surface area contributed by atoms with Crippen LogP contribution in [0.1, 0.15) is 15.9 Å². The minimum absolute atomic E-state index is 0.0278. The summed E-state index contributed by atoms with van der Waals surface area (Å²) in [5.74, 6) is -0.770. The van der Waals surface area contributed by atoms with E-state index in [1.807, 2.05) is 6.07 Å². The van der Waals surface area contributed by atoms with Crippen molar-refractivity contribution < 1.29 is 22.1 Å². The fourth-order valence-corrected chi connectivity index (χ4v) is 2.27. The number of hydrogen-bond donors (Lipinski definition) is 0. The maximum atomic E-state index is 11.9. The fourth-order valence-electron chi connectivity index (χ4n) is 1.71. The minimum atomic E-state index is -3.89. The number of hydrogen-bond acceptors (Lipinski definition) is 5. The SMILES string of the molecule is CS(=O)(=O)OC(=O)c1ccccc1OCc1ccccc1Cl. The van der Waals surface area contributed by atoms with Gasteiger partial charge in [0, 0.05) is 10.6 Å². The first kappa shape index (κ1) is 16.3. The van der Waals surface area contributed by atoms with Crippen LogP contribution < -0.4 is 4.74 Å². The summed E-state index contributed by atoms with van der Waals surface area (Å²) in [6, 6.07) is 13.4. The van der Waals surface area contributed by atoms with Gasteiger partial charge in [-0.25, -0.2) is 4.79 Å². The summed E-state index contributed by atoms with van der Waals surface area (Å²) >= 11 is 6.03. The number of para-hydroxylation sites is 1. The van der Waals surface area contributed by atoms with Crippen molar-refractivity contribution in [1.29, 1.82) is 0 Å². The van der Waals surface area contributed by atoms with Gasteiger partial charge in [-0.3, -0.25) is 0 Å². The van der Waals surface area contributed by atoms with Crippen LogP contribution in [0.25, 0.3) is 0 Å². The number of carbonyl (C=O) groups excluding carboxylic acids is 1. The quantitative estimate of drug-likeness (QED) is 0.782. The van der Waals surface area contributed by atoms with Crippen LogP contribution in [-0.4, -0.2) is 20.6 Å². The third-order valence-electron chi connectivity index (χ3n) is 2.68. The highest BCUT2D eigenvalue weighted by molar-refractivity contribution is 7.86. The molecular formula is C15H13ClO5S. The molecule has 0 unspecified atom stereocenters. The lowest BCUT2D eigenvalue weighted by Crippen LogP contribution is -2.13. The molecule has 0 heterocycles. The van der Waals surface area contributed by atoms with Crippen molar-refractivity contribution in [3.63, 3.8) is 0 Å². The second kappa shape index (κ2) is 6.81. The van der Waals surface area contributed by atoms with E-state index in [0.29, 0.717) is 5.02 Å². The Bertz CT molecular complexity index is 786. The van der Waals surface area contributed by atoms with Crippen LogP contribution in [0.15, 0.2) is 48.5 Å². The molecule has 2 aromatic rings. The van der Waals surface area contributed by atoms with Gasteiger partial charge >= 0.3 is 16.1 Å². The van der Waals surface area contributed by atoms with Crippen molar-refractivity contribution in [3.8, 4) is 5.75 Å². The smallest absolute Gasteiger partial charge is 0.357 e. The topological polar surface area (TPSA) is 69.7 Å². The molecule has 2 aromatic carbocycles. The zero-order valence-electron chi connectivity index (χ0n) is 11.7. The maximum absolute atomic E-state index is 11.9. The molecule has 0 aliphatic heterocycles. The van der Waals surface area contributed by atoms with E-state index < -0.39 is 16.1 Å². The van der Waals surface area contributed by atoms with Gasteiger partial charge in [0.05, 0.1) is 6.26 Å². The zero-order valence-corrected chi connectivity index (χ0v) is 13.2. The molecule has 0 spiro atoms. The van der Waals surface area contributed by atoms with Gasteiger partial charge in [-0.15, -0.1) is 0 Å². The maximum Gasteiger partial charge on any atom is 0.357 e. The van der Waals surface area contributed by atoms with Crippen molar-refractivity contribution in [2.24, 2.45) is 0 Å². The molecular weight excluding hydrogens is 328 g/mol. The Kier molecular flexibility index (Phi) is 5.05. The number of ether oxygens (including phenoxy) is 1. The van der Waals surface area contributed by atoms with Gasteiger partial charge in [-0.05, 0) is 18.2 Å². The lowest BCUT2D eigenvalue weighted by atomic mass is 10.2. The molecule has 5 nitrogen and oxygen atoms in total. The summed E-state index contributed by atoms with van der Waals surface area (Å²) in [6.45, 7) is 0.142. The van der Waals surface area contributed by atoms with E-state index in [4.69, 9.17) is 16.3 Å². The standard InChI is InChI=1S/C15H13ClO5S/c1-22(18,19)21-15(17)12-7-3-5-9-14(12)20-10-11-6-2-4-8-13(11)16/h2-9H,10H2,1H3. The van der Waals surface area contributed by atoms with E-state index in [1.54, 1.807) is 36.4 Å². The highest BCUT2D eigenvalue weighted by atomic mass is 35.5. The van der Waals surface area contributed by atoms with Crippen LogP contribution in [0.3, 0.4) is 0 Å². The van der Waals surface area contributed by atoms with Crippen LogP contribution in [0.4, 0.5) is 0 Å². The van der Waals surface area contributed by atoms with E-state index in [2.05, 4.69) is 4.18 Å². The summed E-state index contributed by atoms with van der Waals surface area (Å²) in [6.07, 6.45) is 0.804. The Balaban J connectivity index is 2.19. The average Bonchev–Trinajstić information content (AvgIpc) is 2.45. The summed E-state index contributed by atoms with van der Waals surface area (Å²) in [7, 11) is -3.89. The number of halogens is 1. The molecule has 0 radical (unpaired) electrons. The van der Waals surface area contributed by atoms with Crippen molar-refractivity contribution >= 4 is 27.7 Å². The van der Waals surface area contributed by atoms with Crippen molar-refractivity contribution in [3.05, 3.63) is 64.7 Å². The summed E-state index contributed by atoms with van der Waals surface area (Å²) < 4.78 is 32.0. The number of benzene rings is 2. The van der Waals surface area contributed by atoms with Gasteiger partial charge in [0.15, 0.2) is 0 Å². The Morgan fingerprint density at radius 2 is 1.73 bits per heavy atom. The van der Waals surface area contributed by atoms with E-state index in [-0.39, 0.29) is 17.9 Å². The molecule has 116 valence electrons. The average molecular weight is 341 g/mol. The second-order valence-electron chi connectivity index (χ2n) is 4.45.